The number of aromatic nitrogens is 2. The van der Waals surface area contributed by atoms with Crippen molar-refractivity contribution in [1.82, 2.24) is 14.5 Å². The molecule has 6 heteroatoms. The third-order valence-electron chi connectivity index (χ3n) is 6.14. The van der Waals surface area contributed by atoms with Crippen molar-refractivity contribution >= 4 is 11.6 Å². The molecule has 2 aliphatic heterocycles. The standard InChI is InChI=1S/C17H22N4O2/c1-9(2)21-7-13(18-8-21)16(22)20-5-10-11(6-20)14(10)15-12-4-17(12,3)23-19-15/h7-12,14H,4-6H2,1-3H3/t10-,11+,12-,14?,17-/m1/s1. The predicted octanol–water partition coefficient (Wildman–Crippen LogP) is 1.95. The Morgan fingerprint density at radius 2 is 2.13 bits per heavy atom. The molecule has 2 aliphatic carbocycles. The summed E-state index contributed by atoms with van der Waals surface area (Å²) in [6.07, 6.45) is 4.73. The Morgan fingerprint density at radius 3 is 2.65 bits per heavy atom. The first-order valence-electron chi connectivity index (χ1n) is 8.56. The lowest BCUT2D eigenvalue weighted by molar-refractivity contribution is 0.0618. The molecule has 1 saturated heterocycles. The van der Waals surface area contributed by atoms with Crippen LogP contribution in [0, 0.1) is 23.7 Å². The molecule has 1 unspecified atom stereocenters. The van der Waals surface area contributed by atoms with Crippen LogP contribution in [0.1, 0.15) is 43.7 Å². The molecule has 1 amide bonds. The van der Waals surface area contributed by atoms with E-state index in [4.69, 9.17) is 4.84 Å². The number of carbonyl (C=O) groups excluding carboxylic acids is 1. The molecule has 5 atom stereocenters. The van der Waals surface area contributed by atoms with Crippen molar-refractivity contribution in [3.63, 3.8) is 0 Å². The summed E-state index contributed by atoms with van der Waals surface area (Å²) in [5.41, 5.74) is 1.84. The monoisotopic (exact) mass is 314 g/mol. The van der Waals surface area contributed by atoms with E-state index in [1.54, 1.807) is 6.33 Å². The minimum absolute atomic E-state index is 0.00536. The van der Waals surface area contributed by atoms with Crippen LogP contribution in [0.2, 0.25) is 0 Å². The summed E-state index contributed by atoms with van der Waals surface area (Å²) in [5.74, 6) is 2.33. The van der Waals surface area contributed by atoms with Crippen molar-refractivity contribution in [2.75, 3.05) is 13.1 Å². The smallest absolute Gasteiger partial charge is 0.274 e. The van der Waals surface area contributed by atoms with Crippen LogP contribution < -0.4 is 0 Å². The van der Waals surface area contributed by atoms with Crippen LogP contribution in [-0.4, -0.2) is 44.8 Å². The zero-order chi connectivity index (χ0) is 15.9. The molecule has 3 fully saturated rings. The molecule has 5 rings (SSSR count). The fourth-order valence-electron chi connectivity index (χ4n) is 4.40. The Balaban J connectivity index is 1.24. The number of hydrogen-bond donors (Lipinski definition) is 0. The number of carbonyl (C=O) groups is 1. The largest absolute Gasteiger partial charge is 0.389 e. The number of nitrogens with zero attached hydrogens (tertiary/aromatic N) is 4. The van der Waals surface area contributed by atoms with Gasteiger partial charge in [0.05, 0.1) is 12.0 Å². The van der Waals surface area contributed by atoms with Gasteiger partial charge >= 0.3 is 0 Å². The van der Waals surface area contributed by atoms with Crippen LogP contribution in [0.15, 0.2) is 17.7 Å². The van der Waals surface area contributed by atoms with Gasteiger partial charge in [-0.1, -0.05) is 5.16 Å². The summed E-state index contributed by atoms with van der Waals surface area (Å²) in [4.78, 5) is 24.4. The van der Waals surface area contributed by atoms with Crippen LogP contribution in [0.5, 0.6) is 0 Å². The van der Waals surface area contributed by atoms with Gasteiger partial charge in [0.15, 0.2) is 0 Å². The highest BCUT2D eigenvalue weighted by Crippen LogP contribution is 2.61. The van der Waals surface area contributed by atoms with Gasteiger partial charge < -0.3 is 14.3 Å². The number of amides is 1. The van der Waals surface area contributed by atoms with Crippen molar-refractivity contribution < 1.29 is 9.63 Å². The highest BCUT2D eigenvalue weighted by Gasteiger charge is 2.68. The SMILES string of the molecule is CC(C)n1cnc(C(=O)N2C[C@@H]3C(C4=NO[C@]5(C)C[C@H]45)[C@@H]3C2)c1. The van der Waals surface area contributed by atoms with Gasteiger partial charge in [0.2, 0.25) is 0 Å². The Kier molecular flexibility index (Phi) is 2.46. The number of likely N-dealkylation sites (tertiary alicyclic amines) is 1. The van der Waals surface area contributed by atoms with Crippen molar-refractivity contribution in [2.45, 2.75) is 38.8 Å². The summed E-state index contributed by atoms with van der Waals surface area (Å²) in [6.45, 7) is 7.99. The van der Waals surface area contributed by atoms with Gasteiger partial charge in [0.25, 0.3) is 5.91 Å². The van der Waals surface area contributed by atoms with Crippen LogP contribution in [0.25, 0.3) is 0 Å². The normalized spacial score (nSPS) is 39.8. The molecule has 0 aromatic carbocycles. The Morgan fingerprint density at radius 1 is 1.39 bits per heavy atom. The summed E-state index contributed by atoms with van der Waals surface area (Å²) < 4.78 is 1.98. The van der Waals surface area contributed by atoms with E-state index in [0.717, 1.165) is 19.5 Å². The zero-order valence-electron chi connectivity index (χ0n) is 13.8. The molecule has 4 aliphatic rings. The maximum absolute atomic E-state index is 12.6. The number of rotatable bonds is 3. The number of imidazole rings is 1. The number of fused-ring (bicyclic) bond motifs is 2. The van der Waals surface area contributed by atoms with Gasteiger partial charge in [-0.05, 0) is 32.6 Å². The number of hydrogen-bond acceptors (Lipinski definition) is 4. The maximum atomic E-state index is 12.6. The van der Waals surface area contributed by atoms with Crippen molar-refractivity contribution in [3.8, 4) is 0 Å². The van der Waals surface area contributed by atoms with Gasteiger partial charge in [-0.25, -0.2) is 4.98 Å². The van der Waals surface area contributed by atoms with Gasteiger partial charge in [-0.15, -0.1) is 0 Å². The lowest BCUT2D eigenvalue weighted by Gasteiger charge is -2.18. The first-order chi connectivity index (χ1) is 11.0. The van der Waals surface area contributed by atoms with E-state index >= 15 is 0 Å². The highest BCUT2D eigenvalue weighted by molar-refractivity contribution is 5.97. The van der Waals surface area contributed by atoms with E-state index < -0.39 is 0 Å². The highest BCUT2D eigenvalue weighted by atomic mass is 16.7. The molecule has 0 N–H and O–H groups in total. The second kappa shape index (κ2) is 4.16. The van der Waals surface area contributed by atoms with Crippen LogP contribution in [0.3, 0.4) is 0 Å². The van der Waals surface area contributed by atoms with Gasteiger partial charge in [0.1, 0.15) is 11.3 Å². The first kappa shape index (κ1) is 13.6. The van der Waals surface area contributed by atoms with Crippen LogP contribution in [0.4, 0.5) is 0 Å². The van der Waals surface area contributed by atoms with Crippen LogP contribution in [-0.2, 0) is 4.84 Å². The number of oxime groups is 1. The molecule has 1 aromatic heterocycles. The van der Waals surface area contributed by atoms with Crippen LogP contribution >= 0.6 is 0 Å². The molecular weight excluding hydrogens is 292 g/mol. The van der Waals surface area contributed by atoms with E-state index in [0.29, 0.717) is 35.4 Å². The summed E-state index contributed by atoms with van der Waals surface area (Å²) >= 11 is 0. The van der Waals surface area contributed by atoms with Gasteiger partial charge in [-0.3, -0.25) is 4.79 Å². The lowest BCUT2D eigenvalue weighted by atomic mass is 10.1. The molecule has 122 valence electrons. The Bertz CT molecular complexity index is 712. The molecule has 6 nitrogen and oxygen atoms in total. The molecule has 0 radical (unpaired) electrons. The lowest BCUT2D eigenvalue weighted by Crippen LogP contribution is -2.33. The van der Waals surface area contributed by atoms with E-state index in [9.17, 15) is 4.79 Å². The molecule has 0 spiro atoms. The Hall–Kier alpha value is -1.85. The predicted molar refractivity (Wildman–Crippen MR) is 84.0 cm³/mol. The van der Waals surface area contributed by atoms with Crippen molar-refractivity contribution in [2.24, 2.45) is 28.8 Å². The van der Waals surface area contributed by atoms with Gasteiger partial charge in [0, 0.05) is 43.6 Å². The summed E-state index contributed by atoms with van der Waals surface area (Å²) in [5, 5.41) is 4.33. The third-order valence-corrected chi connectivity index (χ3v) is 6.14. The van der Waals surface area contributed by atoms with E-state index in [1.807, 2.05) is 15.7 Å². The van der Waals surface area contributed by atoms with E-state index in [2.05, 4.69) is 30.9 Å². The molecule has 2 saturated carbocycles. The molecule has 1 aromatic rings. The second-order valence-electron chi connectivity index (χ2n) is 8.04. The number of piperidine rings is 1. The first-order valence-corrected chi connectivity index (χ1v) is 8.56. The van der Waals surface area contributed by atoms with E-state index in [-0.39, 0.29) is 11.5 Å². The molecule has 3 heterocycles. The van der Waals surface area contributed by atoms with Crippen molar-refractivity contribution in [1.29, 1.82) is 0 Å². The average molecular weight is 314 g/mol. The fourth-order valence-corrected chi connectivity index (χ4v) is 4.40. The average Bonchev–Trinajstić information content (AvgIpc) is 3.14. The summed E-state index contributed by atoms with van der Waals surface area (Å²) in [7, 11) is 0. The fraction of sp³-hybridized carbons (Fsp3) is 0.706. The minimum Gasteiger partial charge on any atom is -0.389 e. The third kappa shape index (κ3) is 1.83. The van der Waals surface area contributed by atoms with E-state index in [1.165, 1.54) is 5.71 Å². The van der Waals surface area contributed by atoms with Gasteiger partial charge in [-0.2, -0.15) is 0 Å². The summed E-state index contributed by atoms with van der Waals surface area (Å²) in [6, 6.07) is 0.327. The molecular formula is C17H22N4O2. The second-order valence-corrected chi connectivity index (χ2v) is 8.04. The minimum atomic E-state index is 0.00536. The topological polar surface area (TPSA) is 59.7 Å². The maximum Gasteiger partial charge on any atom is 0.274 e. The zero-order valence-corrected chi connectivity index (χ0v) is 13.8. The molecule has 0 bridgehead atoms. The molecule has 23 heavy (non-hydrogen) atoms. The Labute approximate surface area is 135 Å². The van der Waals surface area contributed by atoms with Crippen molar-refractivity contribution in [3.05, 3.63) is 18.2 Å². The quantitative estimate of drug-likeness (QED) is 0.857.